The van der Waals surface area contributed by atoms with E-state index in [0.29, 0.717) is 12.5 Å². The summed E-state index contributed by atoms with van der Waals surface area (Å²) in [6, 6.07) is 0.486. The van der Waals surface area contributed by atoms with Gasteiger partial charge in [-0.1, -0.05) is 20.8 Å². The SMILES string of the molecule is CCSCC(C)NS(=O)(=O)CCCCNC(C)C. The summed E-state index contributed by atoms with van der Waals surface area (Å²) in [6.45, 7) is 9.05. The van der Waals surface area contributed by atoms with E-state index >= 15 is 0 Å². The van der Waals surface area contributed by atoms with Crippen LogP contribution in [0.4, 0.5) is 0 Å². The predicted molar refractivity (Wildman–Crippen MR) is 81.8 cm³/mol. The molecule has 0 spiro atoms. The largest absolute Gasteiger partial charge is 0.315 e. The molecule has 0 fully saturated rings. The van der Waals surface area contributed by atoms with Crippen LogP contribution in [-0.2, 0) is 10.0 Å². The second kappa shape index (κ2) is 10.1. The van der Waals surface area contributed by atoms with Gasteiger partial charge in [0.25, 0.3) is 0 Å². The number of unbranched alkanes of at least 4 members (excludes halogenated alkanes) is 1. The lowest BCUT2D eigenvalue weighted by Crippen LogP contribution is -2.36. The van der Waals surface area contributed by atoms with Crippen molar-refractivity contribution < 1.29 is 8.42 Å². The quantitative estimate of drug-likeness (QED) is 0.571. The fraction of sp³-hybridized carbons (Fsp3) is 1.00. The number of hydrogen-bond donors (Lipinski definition) is 2. The van der Waals surface area contributed by atoms with E-state index in [1.165, 1.54) is 0 Å². The Labute approximate surface area is 117 Å². The summed E-state index contributed by atoms with van der Waals surface area (Å²) in [5.41, 5.74) is 0. The highest BCUT2D eigenvalue weighted by Gasteiger charge is 2.13. The van der Waals surface area contributed by atoms with E-state index in [-0.39, 0.29) is 11.8 Å². The number of rotatable bonds is 11. The standard InChI is InChI=1S/C12H28N2O2S2/c1-5-17-10-12(4)14-18(15,16)9-7-6-8-13-11(2)3/h11-14H,5-10H2,1-4H3. The van der Waals surface area contributed by atoms with Crippen molar-refractivity contribution in [3.8, 4) is 0 Å². The maximum absolute atomic E-state index is 11.8. The van der Waals surface area contributed by atoms with E-state index in [9.17, 15) is 8.42 Å². The van der Waals surface area contributed by atoms with E-state index < -0.39 is 10.0 Å². The molecule has 0 aliphatic heterocycles. The fourth-order valence-corrected chi connectivity index (χ4v) is 3.68. The van der Waals surface area contributed by atoms with Crippen LogP contribution in [0.15, 0.2) is 0 Å². The molecule has 0 aromatic carbocycles. The maximum atomic E-state index is 11.8. The maximum Gasteiger partial charge on any atom is 0.211 e. The Bertz CT molecular complexity index is 292. The van der Waals surface area contributed by atoms with Crippen LogP contribution in [0.3, 0.4) is 0 Å². The minimum Gasteiger partial charge on any atom is -0.315 e. The molecule has 1 atom stereocenters. The molecule has 110 valence electrons. The van der Waals surface area contributed by atoms with Crippen LogP contribution >= 0.6 is 11.8 Å². The van der Waals surface area contributed by atoms with Crippen LogP contribution in [0.1, 0.15) is 40.5 Å². The highest BCUT2D eigenvalue weighted by atomic mass is 32.2. The third-order valence-electron chi connectivity index (χ3n) is 2.35. The predicted octanol–water partition coefficient (Wildman–Crippen LogP) is 1.83. The third kappa shape index (κ3) is 11.3. The van der Waals surface area contributed by atoms with Crippen LogP contribution in [0.25, 0.3) is 0 Å². The molecule has 0 aliphatic rings. The van der Waals surface area contributed by atoms with Gasteiger partial charge < -0.3 is 5.32 Å². The Kier molecular flexibility index (Phi) is 10.2. The molecule has 4 nitrogen and oxygen atoms in total. The van der Waals surface area contributed by atoms with Gasteiger partial charge >= 0.3 is 0 Å². The lowest BCUT2D eigenvalue weighted by atomic mass is 10.3. The van der Waals surface area contributed by atoms with Gasteiger partial charge in [-0.05, 0) is 32.1 Å². The van der Waals surface area contributed by atoms with Crippen LogP contribution in [0.2, 0.25) is 0 Å². The van der Waals surface area contributed by atoms with Gasteiger partial charge in [0.2, 0.25) is 10.0 Å². The van der Waals surface area contributed by atoms with Gasteiger partial charge in [0, 0.05) is 17.8 Å². The van der Waals surface area contributed by atoms with E-state index in [4.69, 9.17) is 0 Å². The third-order valence-corrected chi connectivity index (χ3v) is 5.08. The summed E-state index contributed by atoms with van der Waals surface area (Å²) < 4.78 is 26.2. The lowest BCUT2D eigenvalue weighted by molar-refractivity contribution is 0.551. The number of hydrogen-bond acceptors (Lipinski definition) is 4. The monoisotopic (exact) mass is 296 g/mol. The van der Waals surface area contributed by atoms with Crippen LogP contribution < -0.4 is 10.0 Å². The smallest absolute Gasteiger partial charge is 0.211 e. The Morgan fingerprint density at radius 2 is 1.83 bits per heavy atom. The first-order chi connectivity index (χ1) is 8.37. The van der Waals surface area contributed by atoms with Crippen LogP contribution in [-0.4, -0.2) is 44.3 Å². The molecule has 0 radical (unpaired) electrons. The zero-order chi connectivity index (χ0) is 14.0. The number of nitrogens with one attached hydrogen (secondary N) is 2. The van der Waals surface area contributed by atoms with Crippen molar-refractivity contribution in [2.24, 2.45) is 0 Å². The van der Waals surface area contributed by atoms with Gasteiger partial charge in [0.05, 0.1) is 5.75 Å². The molecule has 2 N–H and O–H groups in total. The van der Waals surface area contributed by atoms with Crippen molar-refractivity contribution in [1.29, 1.82) is 0 Å². The molecule has 0 heterocycles. The lowest BCUT2D eigenvalue weighted by Gasteiger charge is -2.13. The molecule has 0 saturated carbocycles. The first kappa shape index (κ1) is 18.2. The molecule has 0 rings (SSSR count). The van der Waals surface area contributed by atoms with Gasteiger partial charge in [-0.15, -0.1) is 0 Å². The van der Waals surface area contributed by atoms with Crippen molar-refractivity contribution in [2.75, 3.05) is 23.8 Å². The van der Waals surface area contributed by atoms with Crippen molar-refractivity contribution in [3.05, 3.63) is 0 Å². The Morgan fingerprint density at radius 1 is 1.17 bits per heavy atom. The fourth-order valence-electron chi connectivity index (χ4n) is 1.50. The van der Waals surface area contributed by atoms with Crippen LogP contribution in [0.5, 0.6) is 0 Å². The van der Waals surface area contributed by atoms with Crippen molar-refractivity contribution in [2.45, 2.75) is 52.6 Å². The molecule has 0 amide bonds. The molecule has 0 bridgehead atoms. The average Bonchev–Trinajstić information content (AvgIpc) is 2.24. The Balaban J connectivity index is 3.73. The molecule has 18 heavy (non-hydrogen) atoms. The van der Waals surface area contributed by atoms with Crippen molar-refractivity contribution >= 4 is 21.8 Å². The van der Waals surface area contributed by atoms with E-state index in [0.717, 1.165) is 24.5 Å². The van der Waals surface area contributed by atoms with E-state index in [1.54, 1.807) is 11.8 Å². The molecular formula is C12H28N2O2S2. The number of sulfonamides is 1. The summed E-state index contributed by atoms with van der Waals surface area (Å²) in [7, 11) is -3.10. The normalized spacial score (nSPS) is 14.1. The van der Waals surface area contributed by atoms with Gasteiger partial charge in [0.1, 0.15) is 0 Å². The summed E-state index contributed by atoms with van der Waals surface area (Å²) in [6.07, 6.45) is 1.61. The zero-order valence-corrected chi connectivity index (χ0v) is 13.7. The zero-order valence-electron chi connectivity index (χ0n) is 12.0. The average molecular weight is 297 g/mol. The van der Waals surface area contributed by atoms with Crippen molar-refractivity contribution in [1.82, 2.24) is 10.0 Å². The first-order valence-electron chi connectivity index (χ1n) is 6.68. The molecular weight excluding hydrogens is 268 g/mol. The van der Waals surface area contributed by atoms with E-state index in [2.05, 4.69) is 30.8 Å². The van der Waals surface area contributed by atoms with Crippen molar-refractivity contribution in [3.63, 3.8) is 0 Å². The number of thioether (sulfide) groups is 1. The summed E-state index contributed by atoms with van der Waals surface area (Å²) in [4.78, 5) is 0. The van der Waals surface area contributed by atoms with Gasteiger partial charge in [0.15, 0.2) is 0 Å². The van der Waals surface area contributed by atoms with E-state index in [1.807, 2.05) is 6.92 Å². The molecule has 0 aromatic heterocycles. The first-order valence-corrected chi connectivity index (χ1v) is 9.49. The van der Waals surface area contributed by atoms with Gasteiger partial charge in [-0.25, -0.2) is 13.1 Å². The molecule has 0 aromatic rings. The summed E-state index contributed by atoms with van der Waals surface area (Å²) in [5, 5.41) is 3.28. The highest BCUT2D eigenvalue weighted by Crippen LogP contribution is 2.03. The Hall–Kier alpha value is 0.220. The minimum atomic E-state index is -3.10. The molecule has 1 unspecified atom stereocenters. The minimum absolute atomic E-state index is 0.0220. The Morgan fingerprint density at radius 3 is 2.39 bits per heavy atom. The van der Waals surface area contributed by atoms with Crippen LogP contribution in [0, 0.1) is 0 Å². The van der Waals surface area contributed by atoms with Gasteiger partial charge in [-0.2, -0.15) is 11.8 Å². The summed E-state index contributed by atoms with van der Waals surface area (Å²) in [5.74, 6) is 2.09. The highest BCUT2D eigenvalue weighted by molar-refractivity contribution is 7.99. The molecule has 6 heteroatoms. The molecule has 0 aliphatic carbocycles. The second-order valence-corrected chi connectivity index (χ2v) is 8.01. The topological polar surface area (TPSA) is 58.2 Å². The summed E-state index contributed by atoms with van der Waals surface area (Å²) >= 11 is 1.76. The second-order valence-electron chi connectivity index (χ2n) is 4.81. The molecule has 0 saturated heterocycles. The van der Waals surface area contributed by atoms with Gasteiger partial charge in [-0.3, -0.25) is 0 Å².